The smallest absolute Gasteiger partial charge is 0.313 e. The number of halogens is 6. The number of alkyl halides is 3. The van der Waals surface area contributed by atoms with Gasteiger partial charge in [-0.3, -0.25) is 9.48 Å². The molecule has 1 saturated heterocycles. The van der Waals surface area contributed by atoms with Gasteiger partial charge in [0.05, 0.1) is 42.6 Å². The molecule has 1 aromatic carbocycles. The predicted molar refractivity (Wildman–Crippen MR) is 106 cm³/mol. The molecule has 5 rings (SSSR count). The molecule has 2 fully saturated rings. The first-order valence-corrected chi connectivity index (χ1v) is 10.7. The third-order valence-corrected chi connectivity index (χ3v) is 6.55. The van der Waals surface area contributed by atoms with E-state index < -0.39 is 54.4 Å². The molecular weight excluding hydrogens is 468 g/mol. The summed E-state index contributed by atoms with van der Waals surface area (Å²) in [4.78, 5) is 27.8. The van der Waals surface area contributed by atoms with E-state index in [1.807, 2.05) is 0 Å². The fourth-order valence-corrected chi connectivity index (χ4v) is 4.59. The van der Waals surface area contributed by atoms with Gasteiger partial charge >= 0.3 is 12.2 Å². The van der Waals surface area contributed by atoms with Gasteiger partial charge in [0.25, 0.3) is 0 Å². The molecule has 3 amide bonds. The second-order valence-corrected chi connectivity index (χ2v) is 8.82. The largest absolute Gasteiger partial charge is 0.394 e. The summed E-state index contributed by atoms with van der Waals surface area (Å²) in [6.45, 7) is -0.355. The molecule has 1 N–H and O–H groups in total. The van der Waals surface area contributed by atoms with E-state index in [1.165, 1.54) is 11.1 Å². The topological polar surface area (TPSA) is 70.5 Å². The molecule has 34 heavy (non-hydrogen) atoms. The Bertz CT molecular complexity index is 1140. The summed E-state index contributed by atoms with van der Waals surface area (Å²) in [7, 11) is 0. The highest BCUT2D eigenvalue weighted by Gasteiger charge is 2.49. The predicted octanol–water partition coefficient (Wildman–Crippen LogP) is 4.04. The Kier molecular flexibility index (Phi) is 5.24. The number of amides is 3. The van der Waals surface area contributed by atoms with Gasteiger partial charge in [0.1, 0.15) is 0 Å². The molecule has 0 bridgehead atoms. The number of urea groups is 1. The lowest BCUT2D eigenvalue weighted by molar-refractivity contribution is -0.169. The van der Waals surface area contributed by atoms with Gasteiger partial charge in [-0.25, -0.2) is 18.0 Å². The quantitative estimate of drug-likeness (QED) is 0.525. The van der Waals surface area contributed by atoms with Crippen molar-refractivity contribution in [2.24, 2.45) is 11.8 Å². The van der Waals surface area contributed by atoms with E-state index in [4.69, 9.17) is 0 Å². The molecule has 2 unspecified atom stereocenters. The molecular formula is C21H19F6N5O2. The number of aromatic nitrogens is 2. The maximum absolute atomic E-state index is 13.6. The summed E-state index contributed by atoms with van der Waals surface area (Å²) in [6.07, 6.45) is -2.14. The number of anilines is 2. The van der Waals surface area contributed by atoms with E-state index in [-0.39, 0.29) is 36.4 Å². The van der Waals surface area contributed by atoms with Crippen LogP contribution in [0, 0.1) is 29.3 Å². The maximum atomic E-state index is 13.6. The minimum absolute atomic E-state index is 0.0744. The fourth-order valence-electron chi connectivity index (χ4n) is 4.59. The lowest BCUT2D eigenvalue weighted by atomic mass is 10.1. The first-order valence-electron chi connectivity index (χ1n) is 10.7. The van der Waals surface area contributed by atoms with Crippen molar-refractivity contribution in [3.05, 3.63) is 41.5 Å². The van der Waals surface area contributed by atoms with Gasteiger partial charge in [-0.05, 0) is 18.8 Å². The van der Waals surface area contributed by atoms with Gasteiger partial charge in [0.2, 0.25) is 5.91 Å². The van der Waals surface area contributed by atoms with E-state index in [2.05, 4.69) is 10.4 Å². The van der Waals surface area contributed by atoms with Crippen LogP contribution in [-0.2, 0) is 17.9 Å². The maximum Gasteiger partial charge on any atom is 0.394 e. The average Bonchev–Trinajstić information content (AvgIpc) is 3.41. The number of benzene rings is 1. The number of rotatable bonds is 3. The molecule has 2 aliphatic heterocycles. The van der Waals surface area contributed by atoms with E-state index >= 15 is 0 Å². The third-order valence-electron chi connectivity index (χ3n) is 6.55. The number of nitrogens with zero attached hydrogens (tertiary/aromatic N) is 4. The van der Waals surface area contributed by atoms with Crippen LogP contribution in [0.5, 0.6) is 0 Å². The van der Waals surface area contributed by atoms with Gasteiger partial charge in [0, 0.05) is 30.8 Å². The SMILES string of the molecule is O=C1CC(C(F)(F)F)CN1c1cnn2c1CN(C(=O)Nc1cc(F)c(F)c(F)c1)C(C1CC1)C2. The van der Waals surface area contributed by atoms with Crippen molar-refractivity contribution in [2.45, 2.75) is 44.6 Å². The molecule has 182 valence electrons. The van der Waals surface area contributed by atoms with E-state index in [0.29, 0.717) is 17.8 Å². The number of nitrogens with one attached hydrogen (secondary N) is 1. The number of hydrogen-bond donors (Lipinski definition) is 1. The Hall–Kier alpha value is -3.25. The zero-order chi connectivity index (χ0) is 24.4. The summed E-state index contributed by atoms with van der Waals surface area (Å²) in [5, 5.41) is 6.60. The van der Waals surface area contributed by atoms with Gasteiger partial charge in [0.15, 0.2) is 17.5 Å². The highest BCUT2D eigenvalue weighted by molar-refractivity contribution is 5.96. The average molecular weight is 487 g/mol. The first-order chi connectivity index (χ1) is 16.0. The van der Waals surface area contributed by atoms with E-state index in [1.54, 1.807) is 4.68 Å². The molecule has 7 nitrogen and oxygen atoms in total. The highest BCUT2D eigenvalue weighted by atomic mass is 19.4. The lowest BCUT2D eigenvalue weighted by Crippen LogP contribution is -2.49. The van der Waals surface area contributed by atoms with Crippen LogP contribution >= 0.6 is 0 Å². The van der Waals surface area contributed by atoms with Crippen molar-refractivity contribution in [2.75, 3.05) is 16.8 Å². The van der Waals surface area contributed by atoms with Crippen molar-refractivity contribution in [1.82, 2.24) is 14.7 Å². The van der Waals surface area contributed by atoms with Crippen molar-refractivity contribution in [3.8, 4) is 0 Å². The molecule has 3 aliphatic rings. The van der Waals surface area contributed by atoms with Crippen LogP contribution < -0.4 is 10.2 Å². The van der Waals surface area contributed by atoms with Crippen LogP contribution in [0.3, 0.4) is 0 Å². The second kappa shape index (κ2) is 7.91. The zero-order valence-electron chi connectivity index (χ0n) is 17.6. The second-order valence-electron chi connectivity index (χ2n) is 8.82. The molecule has 1 aliphatic carbocycles. The van der Waals surface area contributed by atoms with Crippen molar-refractivity contribution < 1.29 is 35.9 Å². The molecule has 13 heteroatoms. The van der Waals surface area contributed by atoms with Crippen LogP contribution in [0.25, 0.3) is 0 Å². The number of carbonyl (C=O) groups is 2. The number of hydrogen-bond acceptors (Lipinski definition) is 3. The van der Waals surface area contributed by atoms with Crippen LogP contribution in [0.4, 0.5) is 42.5 Å². The molecule has 0 radical (unpaired) electrons. The molecule has 1 saturated carbocycles. The van der Waals surface area contributed by atoms with Gasteiger partial charge in [-0.2, -0.15) is 18.3 Å². The summed E-state index contributed by atoms with van der Waals surface area (Å²) in [5.41, 5.74) is 0.306. The molecule has 0 spiro atoms. The summed E-state index contributed by atoms with van der Waals surface area (Å²) < 4.78 is 81.4. The highest BCUT2D eigenvalue weighted by Crippen LogP contribution is 2.42. The van der Waals surface area contributed by atoms with Crippen molar-refractivity contribution >= 4 is 23.3 Å². The summed E-state index contributed by atoms with van der Waals surface area (Å²) >= 11 is 0. The third kappa shape index (κ3) is 3.96. The minimum atomic E-state index is -4.51. The number of fused-ring (bicyclic) bond motifs is 1. The Morgan fingerprint density at radius 1 is 1.09 bits per heavy atom. The van der Waals surface area contributed by atoms with Gasteiger partial charge in [-0.1, -0.05) is 0 Å². The Morgan fingerprint density at radius 3 is 2.35 bits per heavy atom. The van der Waals surface area contributed by atoms with Gasteiger partial charge in [-0.15, -0.1) is 0 Å². The van der Waals surface area contributed by atoms with Crippen LogP contribution in [0.15, 0.2) is 18.3 Å². The Morgan fingerprint density at radius 2 is 1.76 bits per heavy atom. The molecule has 3 heterocycles. The number of carbonyl (C=O) groups excluding carboxylic acids is 2. The summed E-state index contributed by atoms with van der Waals surface area (Å²) in [6, 6.07) is 0.291. The monoisotopic (exact) mass is 487 g/mol. The molecule has 2 aromatic rings. The Balaban J connectivity index is 1.41. The Labute approximate surface area is 189 Å². The fraction of sp³-hybridized carbons (Fsp3) is 0.476. The molecule has 2 atom stereocenters. The van der Waals surface area contributed by atoms with Gasteiger partial charge < -0.3 is 15.1 Å². The first kappa shape index (κ1) is 22.5. The standard InChI is InChI=1S/C21H19F6N5O2/c22-13-4-12(5-14(23)19(13)24)29-20(34)31-8-17-15(6-28-32(17)9-16(31)10-1-2-10)30-7-11(3-18(30)33)21(25,26)27/h4-6,10-11,16H,1-3,7-9H2,(H,29,34). The lowest BCUT2D eigenvalue weighted by Gasteiger charge is -2.37. The minimum Gasteiger partial charge on any atom is -0.313 e. The van der Waals surface area contributed by atoms with E-state index in [9.17, 15) is 35.9 Å². The van der Waals surface area contributed by atoms with Crippen molar-refractivity contribution in [3.63, 3.8) is 0 Å². The summed E-state index contributed by atoms with van der Waals surface area (Å²) in [5.74, 6) is -6.89. The normalized spacial score (nSPS) is 22.8. The molecule has 1 aromatic heterocycles. The van der Waals surface area contributed by atoms with Crippen LogP contribution in [0.2, 0.25) is 0 Å². The van der Waals surface area contributed by atoms with E-state index in [0.717, 1.165) is 17.7 Å². The zero-order valence-corrected chi connectivity index (χ0v) is 17.6. The van der Waals surface area contributed by atoms with Crippen LogP contribution in [0.1, 0.15) is 25.0 Å². The van der Waals surface area contributed by atoms with Crippen molar-refractivity contribution in [1.29, 1.82) is 0 Å². The van der Waals surface area contributed by atoms with Crippen LogP contribution in [-0.4, -0.2) is 45.4 Å².